The molecule has 0 bridgehead atoms. The van der Waals surface area contributed by atoms with Gasteiger partial charge in [-0.2, -0.15) is 0 Å². The largest absolute Gasteiger partial charge is 0.381 e. The fraction of sp³-hybridized carbons (Fsp3) is 0.545. The minimum absolute atomic E-state index is 0.259. The standard InChI is InChI=1S/C11H15FN2O/c12-9-2-1-5-14-10(9)11(8-13)3-6-15-7-4-11/h1-2,5H,3-4,6-8,13H2. The van der Waals surface area contributed by atoms with Crippen molar-refractivity contribution in [3.8, 4) is 0 Å². The van der Waals surface area contributed by atoms with E-state index in [2.05, 4.69) is 4.98 Å². The van der Waals surface area contributed by atoms with Gasteiger partial charge in [-0.25, -0.2) is 4.39 Å². The number of aromatic nitrogens is 1. The summed E-state index contributed by atoms with van der Waals surface area (Å²) in [5.41, 5.74) is 5.94. The van der Waals surface area contributed by atoms with E-state index in [4.69, 9.17) is 10.5 Å². The predicted octanol–water partition coefficient (Wildman–Crippen LogP) is 1.23. The Bertz CT molecular complexity index is 337. The van der Waals surface area contributed by atoms with E-state index in [1.165, 1.54) is 6.07 Å². The van der Waals surface area contributed by atoms with Gasteiger partial charge in [0.1, 0.15) is 5.82 Å². The average Bonchev–Trinajstić information content (AvgIpc) is 2.30. The van der Waals surface area contributed by atoms with Crippen molar-refractivity contribution in [3.05, 3.63) is 29.8 Å². The maximum Gasteiger partial charge on any atom is 0.145 e. The lowest BCUT2D eigenvalue weighted by Crippen LogP contribution is -2.42. The topological polar surface area (TPSA) is 48.1 Å². The molecule has 0 unspecified atom stereocenters. The van der Waals surface area contributed by atoms with Gasteiger partial charge >= 0.3 is 0 Å². The van der Waals surface area contributed by atoms with Gasteiger partial charge < -0.3 is 10.5 Å². The van der Waals surface area contributed by atoms with Crippen molar-refractivity contribution >= 4 is 0 Å². The highest BCUT2D eigenvalue weighted by Gasteiger charge is 2.36. The summed E-state index contributed by atoms with van der Waals surface area (Å²) in [5.74, 6) is -0.259. The Hall–Kier alpha value is -1.00. The molecule has 3 nitrogen and oxygen atoms in total. The molecule has 1 aliphatic rings. The van der Waals surface area contributed by atoms with Crippen molar-refractivity contribution in [2.45, 2.75) is 18.3 Å². The Balaban J connectivity index is 2.36. The van der Waals surface area contributed by atoms with Crippen LogP contribution in [0.3, 0.4) is 0 Å². The first kappa shape index (κ1) is 10.5. The Morgan fingerprint density at radius 3 is 2.80 bits per heavy atom. The smallest absolute Gasteiger partial charge is 0.145 e. The first-order valence-corrected chi connectivity index (χ1v) is 5.17. The summed E-state index contributed by atoms with van der Waals surface area (Å²) in [4.78, 5) is 4.13. The van der Waals surface area contributed by atoms with Gasteiger partial charge in [0, 0.05) is 31.4 Å². The van der Waals surface area contributed by atoms with Crippen LogP contribution in [0.5, 0.6) is 0 Å². The lowest BCUT2D eigenvalue weighted by Gasteiger charge is -2.35. The molecule has 0 radical (unpaired) electrons. The summed E-state index contributed by atoms with van der Waals surface area (Å²) in [5, 5.41) is 0. The number of ether oxygens (including phenoxy) is 1. The molecule has 0 spiro atoms. The molecular weight excluding hydrogens is 195 g/mol. The van der Waals surface area contributed by atoms with Crippen molar-refractivity contribution in [1.29, 1.82) is 0 Å². The molecule has 1 aliphatic heterocycles. The number of nitrogens with zero attached hydrogens (tertiary/aromatic N) is 1. The number of pyridine rings is 1. The van der Waals surface area contributed by atoms with Crippen molar-refractivity contribution in [2.75, 3.05) is 19.8 Å². The Morgan fingerprint density at radius 2 is 2.20 bits per heavy atom. The summed E-state index contributed by atoms with van der Waals surface area (Å²) in [6, 6.07) is 3.04. The first-order chi connectivity index (χ1) is 7.28. The lowest BCUT2D eigenvalue weighted by atomic mass is 9.77. The highest BCUT2D eigenvalue weighted by atomic mass is 19.1. The second-order valence-electron chi connectivity index (χ2n) is 3.93. The van der Waals surface area contributed by atoms with Crippen LogP contribution in [0.1, 0.15) is 18.5 Å². The van der Waals surface area contributed by atoms with E-state index in [1.807, 2.05) is 0 Å². The zero-order valence-electron chi connectivity index (χ0n) is 8.58. The Labute approximate surface area is 88.5 Å². The van der Waals surface area contributed by atoms with Gasteiger partial charge in [-0.15, -0.1) is 0 Å². The SMILES string of the molecule is NCC1(c2ncccc2F)CCOCC1. The second-order valence-corrected chi connectivity index (χ2v) is 3.93. The summed E-state index contributed by atoms with van der Waals surface area (Å²) in [6.07, 6.45) is 3.11. The number of rotatable bonds is 2. The molecule has 2 N–H and O–H groups in total. The van der Waals surface area contributed by atoms with Crippen molar-refractivity contribution in [1.82, 2.24) is 4.98 Å². The molecule has 0 atom stereocenters. The van der Waals surface area contributed by atoms with Crippen molar-refractivity contribution < 1.29 is 9.13 Å². The molecule has 1 aromatic heterocycles. The van der Waals surface area contributed by atoms with Gasteiger partial charge in [-0.1, -0.05) is 0 Å². The predicted molar refractivity (Wildman–Crippen MR) is 55.0 cm³/mol. The van der Waals surface area contributed by atoms with Crippen LogP contribution in [-0.4, -0.2) is 24.7 Å². The lowest BCUT2D eigenvalue weighted by molar-refractivity contribution is 0.0502. The highest BCUT2D eigenvalue weighted by Crippen LogP contribution is 2.33. The molecule has 4 heteroatoms. The maximum atomic E-state index is 13.6. The van der Waals surface area contributed by atoms with Gasteiger partial charge in [-0.05, 0) is 25.0 Å². The van der Waals surface area contributed by atoms with Gasteiger partial charge in [0.25, 0.3) is 0 Å². The van der Waals surface area contributed by atoms with Crippen LogP contribution in [0.15, 0.2) is 18.3 Å². The van der Waals surface area contributed by atoms with Crippen LogP contribution in [0.4, 0.5) is 4.39 Å². The summed E-state index contributed by atoms with van der Waals surface area (Å²) < 4.78 is 18.9. The molecule has 0 saturated carbocycles. The van der Waals surface area contributed by atoms with Crippen LogP contribution in [0, 0.1) is 5.82 Å². The van der Waals surface area contributed by atoms with Gasteiger partial charge in [0.05, 0.1) is 5.69 Å². The quantitative estimate of drug-likeness (QED) is 0.798. The molecule has 0 amide bonds. The first-order valence-electron chi connectivity index (χ1n) is 5.17. The Kier molecular flexibility index (Phi) is 2.98. The van der Waals surface area contributed by atoms with E-state index in [1.54, 1.807) is 12.3 Å². The van der Waals surface area contributed by atoms with Crippen LogP contribution < -0.4 is 5.73 Å². The van der Waals surface area contributed by atoms with Gasteiger partial charge in [-0.3, -0.25) is 4.98 Å². The molecule has 1 aromatic rings. The molecule has 0 aliphatic carbocycles. The highest BCUT2D eigenvalue weighted by molar-refractivity contribution is 5.20. The normalized spacial score (nSPS) is 20.1. The summed E-state index contributed by atoms with van der Waals surface area (Å²) in [6.45, 7) is 1.69. The van der Waals surface area contributed by atoms with Crippen LogP contribution in [-0.2, 0) is 10.2 Å². The Morgan fingerprint density at radius 1 is 1.47 bits per heavy atom. The number of hydrogen-bond donors (Lipinski definition) is 1. The third-order valence-electron chi connectivity index (χ3n) is 3.10. The summed E-state index contributed by atoms with van der Waals surface area (Å²) in [7, 11) is 0. The molecule has 1 fully saturated rings. The molecule has 2 rings (SSSR count). The second kappa shape index (κ2) is 4.24. The van der Waals surface area contributed by atoms with Crippen molar-refractivity contribution in [2.24, 2.45) is 5.73 Å². The van der Waals surface area contributed by atoms with E-state index >= 15 is 0 Å². The fourth-order valence-corrected chi connectivity index (χ4v) is 2.08. The van der Waals surface area contributed by atoms with E-state index in [-0.39, 0.29) is 11.2 Å². The van der Waals surface area contributed by atoms with Crippen LogP contribution in [0.25, 0.3) is 0 Å². The third kappa shape index (κ3) is 1.87. The molecule has 2 heterocycles. The zero-order valence-corrected chi connectivity index (χ0v) is 8.58. The average molecular weight is 210 g/mol. The maximum absolute atomic E-state index is 13.6. The van der Waals surface area contributed by atoms with Crippen LogP contribution in [0.2, 0.25) is 0 Å². The molecule has 1 saturated heterocycles. The number of halogens is 1. The number of hydrogen-bond acceptors (Lipinski definition) is 3. The van der Waals surface area contributed by atoms with Gasteiger partial charge in [0.15, 0.2) is 0 Å². The zero-order chi connectivity index (χ0) is 10.7. The number of nitrogens with two attached hydrogens (primary N) is 1. The van der Waals surface area contributed by atoms with E-state index < -0.39 is 0 Å². The molecule has 82 valence electrons. The molecular formula is C11H15FN2O. The summed E-state index contributed by atoms with van der Waals surface area (Å²) >= 11 is 0. The van der Waals surface area contributed by atoms with Crippen molar-refractivity contribution in [3.63, 3.8) is 0 Å². The molecule has 15 heavy (non-hydrogen) atoms. The fourth-order valence-electron chi connectivity index (χ4n) is 2.08. The van der Waals surface area contributed by atoms with E-state index in [0.29, 0.717) is 25.5 Å². The monoisotopic (exact) mass is 210 g/mol. The van der Waals surface area contributed by atoms with Gasteiger partial charge in [0.2, 0.25) is 0 Å². The van der Waals surface area contributed by atoms with E-state index in [0.717, 1.165) is 12.8 Å². The van der Waals surface area contributed by atoms with E-state index in [9.17, 15) is 4.39 Å². The minimum Gasteiger partial charge on any atom is -0.381 e. The van der Waals surface area contributed by atoms with Crippen LogP contribution >= 0.6 is 0 Å². The molecule has 0 aromatic carbocycles. The minimum atomic E-state index is -0.330. The third-order valence-corrected chi connectivity index (χ3v) is 3.10.